The molecule has 0 radical (unpaired) electrons. The summed E-state index contributed by atoms with van der Waals surface area (Å²) in [6.07, 6.45) is 0. The molecule has 0 saturated carbocycles. The second kappa shape index (κ2) is 5.74. The van der Waals surface area contributed by atoms with Crippen molar-refractivity contribution in [2.24, 2.45) is 5.73 Å². The van der Waals surface area contributed by atoms with Crippen LogP contribution < -0.4 is 5.73 Å². The van der Waals surface area contributed by atoms with Gasteiger partial charge in [0.25, 0.3) is 0 Å². The van der Waals surface area contributed by atoms with Gasteiger partial charge in [-0.1, -0.05) is 47.6 Å². The maximum atomic E-state index is 13.9. The summed E-state index contributed by atoms with van der Waals surface area (Å²) in [5.74, 6) is -0.269. The lowest BCUT2D eigenvalue weighted by Crippen LogP contribution is -2.07. The Balaban J connectivity index is 2.43. The van der Waals surface area contributed by atoms with Gasteiger partial charge in [0.05, 0.1) is 9.92 Å². The van der Waals surface area contributed by atoms with Crippen molar-refractivity contribution in [3.63, 3.8) is 0 Å². The van der Waals surface area contributed by atoms with Crippen molar-refractivity contribution in [1.29, 1.82) is 0 Å². The molecule has 2 rings (SSSR count). The van der Waals surface area contributed by atoms with E-state index in [1.54, 1.807) is 12.1 Å². The SMILES string of the molecule is CC(N)c1cccc(F)c1Sc1ccccc1Cl. The van der Waals surface area contributed by atoms with Gasteiger partial charge in [0, 0.05) is 10.9 Å². The van der Waals surface area contributed by atoms with Crippen LogP contribution in [-0.4, -0.2) is 0 Å². The maximum Gasteiger partial charge on any atom is 0.137 e. The molecule has 0 aliphatic rings. The van der Waals surface area contributed by atoms with Crippen LogP contribution in [0, 0.1) is 5.82 Å². The molecule has 0 amide bonds. The molecule has 18 heavy (non-hydrogen) atoms. The molecule has 0 bridgehead atoms. The van der Waals surface area contributed by atoms with Crippen LogP contribution in [0.25, 0.3) is 0 Å². The van der Waals surface area contributed by atoms with Crippen LogP contribution in [0.2, 0.25) is 5.02 Å². The number of hydrogen-bond acceptors (Lipinski definition) is 2. The number of benzene rings is 2. The molecule has 94 valence electrons. The minimum absolute atomic E-state index is 0.217. The Kier molecular flexibility index (Phi) is 4.27. The van der Waals surface area contributed by atoms with Crippen LogP contribution in [0.1, 0.15) is 18.5 Å². The van der Waals surface area contributed by atoms with E-state index in [1.165, 1.54) is 17.8 Å². The first kappa shape index (κ1) is 13.4. The van der Waals surface area contributed by atoms with Gasteiger partial charge < -0.3 is 5.73 Å². The van der Waals surface area contributed by atoms with Crippen LogP contribution in [-0.2, 0) is 0 Å². The predicted octanol–water partition coefficient (Wildman–Crippen LogP) is 4.65. The quantitative estimate of drug-likeness (QED) is 0.886. The fourth-order valence-electron chi connectivity index (χ4n) is 1.63. The Labute approximate surface area is 115 Å². The minimum atomic E-state index is -0.269. The molecule has 0 spiro atoms. The van der Waals surface area contributed by atoms with E-state index < -0.39 is 0 Å². The summed E-state index contributed by atoms with van der Waals surface area (Å²) in [5.41, 5.74) is 6.65. The van der Waals surface area contributed by atoms with Gasteiger partial charge in [0.15, 0.2) is 0 Å². The average Bonchev–Trinajstić information content (AvgIpc) is 2.34. The highest BCUT2D eigenvalue weighted by atomic mass is 35.5. The van der Waals surface area contributed by atoms with E-state index in [4.69, 9.17) is 17.3 Å². The summed E-state index contributed by atoms with van der Waals surface area (Å²) in [6.45, 7) is 1.84. The fraction of sp³-hybridized carbons (Fsp3) is 0.143. The minimum Gasteiger partial charge on any atom is -0.324 e. The van der Waals surface area contributed by atoms with E-state index in [0.717, 1.165) is 10.5 Å². The second-order valence-corrected chi connectivity index (χ2v) is 5.44. The second-order valence-electron chi connectivity index (χ2n) is 3.98. The molecule has 2 N–H and O–H groups in total. The number of nitrogens with two attached hydrogens (primary N) is 1. The van der Waals surface area contributed by atoms with Crippen molar-refractivity contribution < 1.29 is 4.39 Å². The van der Waals surface area contributed by atoms with Crippen molar-refractivity contribution in [3.05, 3.63) is 58.9 Å². The summed E-state index contributed by atoms with van der Waals surface area (Å²) in [7, 11) is 0. The number of rotatable bonds is 3. The molecule has 1 atom stereocenters. The van der Waals surface area contributed by atoms with Gasteiger partial charge in [-0.05, 0) is 30.7 Å². The number of hydrogen-bond donors (Lipinski definition) is 1. The Hall–Kier alpha value is -1.03. The summed E-state index contributed by atoms with van der Waals surface area (Å²) >= 11 is 7.39. The van der Waals surface area contributed by atoms with Crippen LogP contribution in [0.4, 0.5) is 4.39 Å². The molecular formula is C14H13ClFNS. The Morgan fingerprint density at radius 2 is 1.89 bits per heavy atom. The smallest absolute Gasteiger partial charge is 0.137 e. The molecular weight excluding hydrogens is 269 g/mol. The van der Waals surface area contributed by atoms with Gasteiger partial charge in [-0.3, -0.25) is 0 Å². The van der Waals surface area contributed by atoms with E-state index in [-0.39, 0.29) is 11.9 Å². The first-order chi connectivity index (χ1) is 8.59. The highest BCUT2D eigenvalue weighted by Gasteiger charge is 2.14. The van der Waals surface area contributed by atoms with Gasteiger partial charge in [0.2, 0.25) is 0 Å². The lowest BCUT2D eigenvalue weighted by molar-refractivity contribution is 0.591. The summed E-state index contributed by atoms with van der Waals surface area (Å²) in [4.78, 5) is 1.37. The van der Waals surface area contributed by atoms with E-state index in [0.29, 0.717) is 9.92 Å². The molecule has 2 aromatic carbocycles. The monoisotopic (exact) mass is 281 g/mol. The first-order valence-electron chi connectivity index (χ1n) is 5.56. The lowest BCUT2D eigenvalue weighted by atomic mass is 10.1. The van der Waals surface area contributed by atoms with Crippen molar-refractivity contribution in [1.82, 2.24) is 0 Å². The zero-order valence-corrected chi connectivity index (χ0v) is 11.4. The van der Waals surface area contributed by atoms with Crippen LogP contribution in [0.15, 0.2) is 52.3 Å². The molecule has 4 heteroatoms. The van der Waals surface area contributed by atoms with E-state index >= 15 is 0 Å². The van der Waals surface area contributed by atoms with Crippen LogP contribution >= 0.6 is 23.4 Å². The van der Waals surface area contributed by atoms with Crippen molar-refractivity contribution in [2.75, 3.05) is 0 Å². The Morgan fingerprint density at radius 1 is 1.17 bits per heavy atom. The van der Waals surface area contributed by atoms with E-state index in [1.807, 2.05) is 31.2 Å². The molecule has 0 fully saturated rings. The van der Waals surface area contributed by atoms with E-state index in [2.05, 4.69) is 0 Å². The topological polar surface area (TPSA) is 26.0 Å². The third kappa shape index (κ3) is 2.86. The van der Waals surface area contributed by atoms with Gasteiger partial charge in [-0.15, -0.1) is 0 Å². The maximum absolute atomic E-state index is 13.9. The molecule has 2 aromatic rings. The first-order valence-corrected chi connectivity index (χ1v) is 6.75. The summed E-state index contributed by atoms with van der Waals surface area (Å²) < 4.78 is 13.9. The van der Waals surface area contributed by atoms with Crippen molar-refractivity contribution in [2.45, 2.75) is 22.8 Å². The molecule has 0 heterocycles. The standard InChI is InChI=1S/C14H13ClFNS/c1-9(17)10-5-4-7-12(16)14(10)18-13-8-3-2-6-11(13)15/h2-9H,17H2,1H3. The predicted molar refractivity (Wildman–Crippen MR) is 74.6 cm³/mol. The zero-order valence-electron chi connectivity index (χ0n) is 9.86. The Morgan fingerprint density at radius 3 is 2.56 bits per heavy atom. The van der Waals surface area contributed by atoms with Crippen LogP contribution in [0.3, 0.4) is 0 Å². The van der Waals surface area contributed by atoms with Gasteiger partial charge in [0.1, 0.15) is 5.82 Å². The number of halogens is 2. The Bertz CT molecular complexity index is 557. The largest absolute Gasteiger partial charge is 0.324 e. The normalized spacial score (nSPS) is 12.4. The average molecular weight is 282 g/mol. The molecule has 0 aromatic heterocycles. The third-order valence-corrected chi connectivity index (χ3v) is 4.19. The van der Waals surface area contributed by atoms with Crippen molar-refractivity contribution in [3.8, 4) is 0 Å². The highest BCUT2D eigenvalue weighted by Crippen LogP contribution is 2.37. The molecule has 0 aliphatic carbocycles. The van der Waals surface area contributed by atoms with Gasteiger partial charge >= 0.3 is 0 Å². The van der Waals surface area contributed by atoms with Gasteiger partial charge in [-0.25, -0.2) is 4.39 Å². The molecule has 1 nitrogen and oxygen atoms in total. The zero-order chi connectivity index (χ0) is 13.1. The lowest BCUT2D eigenvalue weighted by Gasteiger charge is -2.13. The summed E-state index contributed by atoms with van der Waals surface area (Å²) in [5, 5.41) is 0.612. The summed E-state index contributed by atoms with van der Waals surface area (Å²) in [6, 6.07) is 12.1. The molecule has 0 aliphatic heterocycles. The van der Waals surface area contributed by atoms with Crippen LogP contribution in [0.5, 0.6) is 0 Å². The third-order valence-electron chi connectivity index (χ3n) is 2.54. The fourth-order valence-corrected chi connectivity index (χ4v) is 2.95. The molecule has 1 unspecified atom stereocenters. The molecule has 0 saturated heterocycles. The highest BCUT2D eigenvalue weighted by molar-refractivity contribution is 7.99. The van der Waals surface area contributed by atoms with Crippen molar-refractivity contribution >= 4 is 23.4 Å². The van der Waals surface area contributed by atoms with E-state index in [9.17, 15) is 4.39 Å². The van der Waals surface area contributed by atoms with Gasteiger partial charge in [-0.2, -0.15) is 0 Å².